The first-order chi connectivity index (χ1) is 8.20. The van der Waals surface area contributed by atoms with E-state index in [0.29, 0.717) is 0 Å². The summed E-state index contributed by atoms with van der Waals surface area (Å²) < 4.78 is 0. The third kappa shape index (κ3) is 1.54. The monoisotopic (exact) mass is 238 g/mol. The van der Waals surface area contributed by atoms with E-state index in [1.54, 1.807) is 0 Å². The van der Waals surface area contributed by atoms with Gasteiger partial charge in [0.05, 0.1) is 0 Å². The molecule has 1 saturated heterocycles. The van der Waals surface area contributed by atoms with Crippen LogP contribution in [-0.4, -0.2) is 27.4 Å². The summed E-state index contributed by atoms with van der Waals surface area (Å²) in [6.07, 6.45) is 10.2. The average Bonchev–Trinajstić information content (AvgIpc) is 2.55. The molecule has 0 radical (unpaired) electrons. The van der Waals surface area contributed by atoms with Crippen LogP contribution in [0.25, 0.3) is 0 Å². The molecule has 2 N–H and O–H groups in total. The van der Waals surface area contributed by atoms with Crippen LogP contribution < -0.4 is 5.32 Å². The molecule has 0 atom stereocenters. The van der Waals surface area contributed by atoms with Gasteiger partial charge in [-0.15, -0.1) is 0 Å². The minimum absolute atomic E-state index is 0.0709. The summed E-state index contributed by atoms with van der Waals surface area (Å²) in [7, 11) is 0. The highest BCUT2D eigenvalue weighted by molar-refractivity contribution is 5.89. The molecule has 1 aliphatic heterocycles. The minimum Gasteiger partial charge on any atom is -0.334 e. The fraction of sp³-hybridized carbons (Fsp3) is 0.923. The Labute approximate surface area is 102 Å². The van der Waals surface area contributed by atoms with Crippen LogP contribution in [-0.2, 0) is 4.79 Å². The Bertz CT molecular complexity index is 317. The highest BCUT2D eigenvalue weighted by Gasteiger charge is 2.60. The fourth-order valence-corrected chi connectivity index (χ4v) is 3.94. The van der Waals surface area contributed by atoms with Crippen LogP contribution in [0.15, 0.2) is 0 Å². The Morgan fingerprint density at radius 2 is 1.47 bits per heavy atom. The quantitative estimate of drug-likeness (QED) is 0.680. The molecule has 2 saturated carbocycles. The SMILES string of the molecule is O=C1NC2(CCCCC2)N(O)C12CCCCC2. The van der Waals surface area contributed by atoms with E-state index in [1.807, 2.05) is 0 Å². The van der Waals surface area contributed by atoms with E-state index >= 15 is 0 Å². The van der Waals surface area contributed by atoms with Crippen LogP contribution in [0.1, 0.15) is 64.2 Å². The van der Waals surface area contributed by atoms with Crippen molar-refractivity contribution in [1.29, 1.82) is 0 Å². The number of hydrogen-bond donors (Lipinski definition) is 2. The average molecular weight is 238 g/mol. The summed E-state index contributed by atoms with van der Waals surface area (Å²) in [5.41, 5.74) is -1.04. The summed E-state index contributed by atoms with van der Waals surface area (Å²) in [6, 6.07) is 0. The van der Waals surface area contributed by atoms with Crippen LogP contribution in [0.2, 0.25) is 0 Å². The maximum Gasteiger partial charge on any atom is 0.244 e. The zero-order valence-electron chi connectivity index (χ0n) is 10.4. The number of nitrogens with one attached hydrogen (secondary N) is 1. The number of carbonyl (C=O) groups is 1. The molecule has 0 bridgehead atoms. The van der Waals surface area contributed by atoms with Crippen LogP contribution in [0.5, 0.6) is 0 Å². The first-order valence-corrected chi connectivity index (χ1v) is 7.02. The third-order valence-electron chi connectivity index (χ3n) is 4.94. The van der Waals surface area contributed by atoms with Gasteiger partial charge in [0.2, 0.25) is 5.91 Å². The molecule has 2 spiro atoms. The molecule has 1 amide bonds. The standard InChI is InChI=1S/C13H22N2O2/c16-11-12(7-3-1-4-8-12)15(17)13(14-11)9-5-2-6-10-13/h17H,1-10H2,(H,14,16). The minimum atomic E-state index is -0.602. The summed E-state index contributed by atoms with van der Waals surface area (Å²) in [4.78, 5) is 12.3. The van der Waals surface area contributed by atoms with Crippen LogP contribution >= 0.6 is 0 Å². The van der Waals surface area contributed by atoms with Crippen molar-refractivity contribution in [3.05, 3.63) is 0 Å². The third-order valence-corrected chi connectivity index (χ3v) is 4.94. The van der Waals surface area contributed by atoms with Gasteiger partial charge in [-0.25, -0.2) is 0 Å². The van der Waals surface area contributed by atoms with E-state index in [1.165, 1.54) is 17.9 Å². The van der Waals surface area contributed by atoms with Crippen molar-refractivity contribution in [3.63, 3.8) is 0 Å². The Kier molecular flexibility index (Phi) is 2.67. The van der Waals surface area contributed by atoms with Gasteiger partial charge in [-0.3, -0.25) is 4.79 Å². The predicted molar refractivity (Wildman–Crippen MR) is 63.4 cm³/mol. The Balaban J connectivity index is 1.89. The van der Waals surface area contributed by atoms with Crippen LogP contribution in [0.4, 0.5) is 0 Å². The maximum atomic E-state index is 12.3. The summed E-state index contributed by atoms with van der Waals surface area (Å²) in [6.45, 7) is 0. The number of hydrogen-bond acceptors (Lipinski definition) is 3. The van der Waals surface area contributed by atoms with E-state index < -0.39 is 11.2 Å². The lowest BCUT2D eigenvalue weighted by atomic mass is 9.80. The highest BCUT2D eigenvalue weighted by Crippen LogP contribution is 2.45. The second-order valence-electron chi connectivity index (χ2n) is 5.95. The second-order valence-corrected chi connectivity index (χ2v) is 5.95. The number of rotatable bonds is 0. The second kappa shape index (κ2) is 3.95. The zero-order valence-corrected chi connectivity index (χ0v) is 10.4. The van der Waals surface area contributed by atoms with Crippen molar-refractivity contribution in [1.82, 2.24) is 10.4 Å². The molecule has 17 heavy (non-hydrogen) atoms. The Morgan fingerprint density at radius 1 is 0.941 bits per heavy atom. The number of amides is 1. The smallest absolute Gasteiger partial charge is 0.244 e. The van der Waals surface area contributed by atoms with Gasteiger partial charge in [0.25, 0.3) is 0 Å². The van der Waals surface area contributed by atoms with Gasteiger partial charge < -0.3 is 10.5 Å². The fourth-order valence-electron chi connectivity index (χ4n) is 3.94. The van der Waals surface area contributed by atoms with Gasteiger partial charge in [0.1, 0.15) is 11.2 Å². The molecule has 0 aromatic carbocycles. The van der Waals surface area contributed by atoms with Crippen molar-refractivity contribution in [2.45, 2.75) is 75.4 Å². The lowest BCUT2D eigenvalue weighted by molar-refractivity contribution is -0.228. The van der Waals surface area contributed by atoms with Gasteiger partial charge in [0, 0.05) is 0 Å². The van der Waals surface area contributed by atoms with Crippen molar-refractivity contribution in [3.8, 4) is 0 Å². The first kappa shape index (κ1) is 11.5. The van der Waals surface area contributed by atoms with Crippen molar-refractivity contribution < 1.29 is 10.0 Å². The Hall–Kier alpha value is -0.610. The van der Waals surface area contributed by atoms with Gasteiger partial charge in [-0.05, 0) is 38.5 Å². The van der Waals surface area contributed by atoms with E-state index in [2.05, 4.69) is 5.32 Å². The predicted octanol–water partition coefficient (Wildman–Crippen LogP) is 2.17. The maximum absolute atomic E-state index is 12.3. The first-order valence-electron chi connectivity index (χ1n) is 7.02. The van der Waals surface area contributed by atoms with Crippen molar-refractivity contribution in [2.75, 3.05) is 0 Å². The lowest BCUT2D eigenvalue weighted by Gasteiger charge is -2.43. The normalized spacial score (nSPS) is 31.9. The highest BCUT2D eigenvalue weighted by atomic mass is 16.5. The molecule has 1 heterocycles. The van der Waals surface area contributed by atoms with Gasteiger partial charge in [0.15, 0.2) is 0 Å². The molecule has 3 rings (SSSR count). The molecule has 0 aromatic rings. The molecule has 2 aliphatic carbocycles. The van der Waals surface area contributed by atoms with E-state index in [4.69, 9.17) is 0 Å². The molecule has 96 valence electrons. The molecular weight excluding hydrogens is 216 g/mol. The van der Waals surface area contributed by atoms with E-state index in [0.717, 1.165) is 51.4 Å². The van der Waals surface area contributed by atoms with Crippen molar-refractivity contribution >= 4 is 5.91 Å². The summed E-state index contributed by atoms with van der Waals surface area (Å²) in [5, 5.41) is 15.1. The van der Waals surface area contributed by atoms with Gasteiger partial charge in [-0.2, -0.15) is 5.06 Å². The largest absolute Gasteiger partial charge is 0.334 e. The van der Waals surface area contributed by atoms with Crippen LogP contribution in [0.3, 0.4) is 0 Å². The van der Waals surface area contributed by atoms with Crippen molar-refractivity contribution in [2.24, 2.45) is 0 Å². The molecule has 0 aromatic heterocycles. The summed E-state index contributed by atoms with van der Waals surface area (Å²) in [5.74, 6) is 0.0709. The van der Waals surface area contributed by atoms with Gasteiger partial charge in [-0.1, -0.05) is 25.7 Å². The van der Waals surface area contributed by atoms with E-state index in [9.17, 15) is 10.0 Å². The molecular formula is C13H22N2O2. The topological polar surface area (TPSA) is 52.6 Å². The molecule has 4 heteroatoms. The molecule has 3 fully saturated rings. The van der Waals surface area contributed by atoms with E-state index in [-0.39, 0.29) is 5.91 Å². The number of nitrogens with zero attached hydrogens (tertiary/aromatic N) is 1. The molecule has 3 aliphatic rings. The molecule has 0 unspecified atom stereocenters. The number of carbonyl (C=O) groups excluding carboxylic acids is 1. The zero-order chi connectivity index (χ0) is 11.9. The Morgan fingerprint density at radius 3 is 2.06 bits per heavy atom. The number of hydroxylamine groups is 2. The van der Waals surface area contributed by atoms with Crippen LogP contribution in [0, 0.1) is 0 Å². The van der Waals surface area contributed by atoms with Gasteiger partial charge >= 0.3 is 0 Å². The summed E-state index contributed by atoms with van der Waals surface area (Å²) >= 11 is 0. The lowest BCUT2D eigenvalue weighted by Crippen LogP contribution is -2.56. The molecule has 4 nitrogen and oxygen atoms in total.